The van der Waals surface area contributed by atoms with Crippen LogP contribution in [0.5, 0.6) is 0 Å². The predicted molar refractivity (Wildman–Crippen MR) is 49.4 cm³/mol. The monoisotopic (exact) mass is 193 g/mol. The highest BCUT2D eigenvalue weighted by molar-refractivity contribution is 6.56. The van der Waals surface area contributed by atoms with Gasteiger partial charge in [0.2, 0.25) is 0 Å². The van der Waals surface area contributed by atoms with E-state index in [4.69, 9.17) is 18.7 Å². The third-order valence-electron chi connectivity index (χ3n) is 1.62. The molecule has 2 N–H and O–H groups in total. The molecule has 0 bridgehead atoms. The van der Waals surface area contributed by atoms with E-state index in [2.05, 4.69) is 6.92 Å². The molecule has 0 radical (unpaired) electrons. The van der Waals surface area contributed by atoms with Crippen molar-refractivity contribution in [2.75, 3.05) is 20.8 Å². The van der Waals surface area contributed by atoms with Crippen molar-refractivity contribution in [2.24, 2.45) is 5.40 Å². The van der Waals surface area contributed by atoms with Gasteiger partial charge in [-0.3, -0.25) is 5.40 Å². The molecular formula is C7H19NO3Si. The minimum atomic E-state index is -2.75. The minimum Gasteiger partial charge on any atom is -0.365 e. The minimum absolute atomic E-state index is 0.623. The Morgan fingerprint density at radius 3 is 2.17 bits per heavy atom. The maximum absolute atomic E-state index is 5.65. The van der Waals surface area contributed by atoms with Gasteiger partial charge in [0, 0.05) is 20.8 Å². The van der Waals surface area contributed by atoms with Crippen molar-refractivity contribution in [1.29, 1.82) is 0 Å². The summed E-state index contributed by atoms with van der Waals surface area (Å²) in [6, 6.07) is 0. The summed E-state index contributed by atoms with van der Waals surface area (Å²) in [6.45, 7) is 2.76. The summed E-state index contributed by atoms with van der Waals surface area (Å²) in [5.41, 5.74) is 0. The summed E-state index contributed by atoms with van der Waals surface area (Å²) < 4.78 is 15.2. The Labute approximate surface area is 75.4 Å². The van der Waals surface area contributed by atoms with Crippen molar-refractivity contribution in [1.82, 2.24) is 0 Å². The van der Waals surface area contributed by atoms with Gasteiger partial charge in [-0.1, -0.05) is 19.8 Å². The van der Waals surface area contributed by atoms with Crippen LogP contribution >= 0.6 is 0 Å². The van der Waals surface area contributed by atoms with E-state index in [1.165, 1.54) is 20.6 Å². The molecule has 0 aromatic heterocycles. The molecule has 0 aliphatic carbocycles. The maximum atomic E-state index is 5.65. The van der Waals surface area contributed by atoms with Gasteiger partial charge in [0.05, 0.1) is 0 Å². The highest BCUT2D eigenvalue weighted by Crippen LogP contribution is 2.01. The topological polar surface area (TPSA) is 53.7 Å². The molecule has 0 spiro atoms. The molecule has 0 aliphatic rings. The molecule has 0 amide bonds. The zero-order chi connectivity index (χ0) is 9.45. The molecule has 0 unspecified atom stereocenters. The van der Waals surface area contributed by atoms with Crippen molar-refractivity contribution < 1.29 is 13.3 Å². The molecule has 0 aliphatic heterocycles. The Morgan fingerprint density at radius 2 is 1.75 bits per heavy atom. The second kappa shape index (κ2) is 6.56. The Kier molecular flexibility index (Phi) is 6.59. The molecule has 0 atom stereocenters. The van der Waals surface area contributed by atoms with Crippen LogP contribution in [0.1, 0.15) is 26.2 Å². The van der Waals surface area contributed by atoms with Gasteiger partial charge < -0.3 is 13.3 Å². The average molecular weight is 193 g/mol. The van der Waals surface area contributed by atoms with Gasteiger partial charge in [-0.25, -0.2) is 0 Å². The number of nitrogens with two attached hydrogens (primary N) is 1. The first-order valence-corrected chi connectivity index (χ1v) is 6.02. The van der Waals surface area contributed by atoms with E-state index in [9.17, 15) is 0 Å². The molecule has 0 fully saturated rings. The quantitative estimate of drug-likeness (QED) is 0.482. The zero-order valence-electron chi connectivity index (χ0n) is 8.13. The van der Waals surface area contributed by atoms with Crippen LogP contribution in [-0.4, -0.2) is 29.8 Å². The molecule has 12 heavy (non-hydrogen) atoms. The van der Waals surface area contributed by atoms with E-state index in [0.29, 0.717) is 6.61 Å². The fourth-order valence-electron chi connectivity index (χ4n) is 0.768. The van der Waals surface area contributed by atoms with Crippen LogP contribution in [0.25, 0.3) is 0 Å². The van der Waals surface area contributed by atoms with Gasteiger partial charge in [0.25, 0.3) is 0 Å². The van der Waals surface area contributed by atoms with Crippen molar-refractivity contribution in [3.05, 3.63) is 0 Å². The SMILES string of the molecule is CCCCCO[Si](N)(OC)OC. The Morgan fingerprint density at radius 1 is 1.17 bits per heavy atom. The summed E-state index contributed by atoms with van der Waals surface area (Å²) in [6.07, 6.45) is 3.33. The number of rotatable bonds is 7. The molecule has 0 saturated carbocycles. The van der Waals surface area contributed by atoms with Crippen LogP contribution < -0.4 is 5.40 Å². The van der Waals surface area contributed by atoms with Gasteiger partial charge in [-0.15, -0.1) is 0 Å². The second-order valence-electron chi connectivity index (χ2n) is 2.57. The van der Waals surface area contributed by atoms with Gasteiger partial charge in [-0.05, 0) is 6.42 Å². The van der Waals surface area contributed by atoms with Crippen molar-refractivity contribution >= 4 is 8.97 Å². The van der Waals surface area contributed by atoms with Crippen LogP contribution in [-0.2, 0) is 13.3 Å². The van der Waals surface area contributed by atoms with Crippen molar-refractivity contribution in [2.45, 2.75) is 26.2 Å². The molecule has 0 aromatic carbocycles. The molecule has 0 saturated heterocycles. The van der Waals surface area contributed by atoms with Crippen LogP contribution in [0.15, 0.2) is 0 Å². The van der Waals surface area contributed by atoms with Gasteiger partial charge in [0.1, 0.15) is 0 Å². The molecule has 5 heteroatoms. The first-order chi connectivity index (χ1) is 5.68. The second-order valence-corrected chi connectivity index (χ2v) is 4.88. The maximum Gasteiger partial charge on any atom is 0.593 e. The summed E-state index contributed by atoms with van der Waals surface area (Å²) in [5, 5.41) is 5.65. The predicted octanol–water partition coefficient (Wildman–Crippen LogP) is 0.880. The average Bonchev–Trinajstić information content (AvgIpc) is 2.12. The van der Waals surface area contributed by atoms with Gasteiger partial charge in [0.15, 0.2) is 0 Å². The summed E-state index contributed by atoms with van der Waals surface area (Å²) in [4.78, 5) is 0. The first-order valence-electron chi connectivity index (χ1n) is 4.21. The lowest BCUT2D eigenvalue weighted by molar-refractivity contribution is 0.0976. The van der Waals surface area contributed by atoms with E-state index in [1.54, 1.807) is 0 Å². The van der Waals surface area contributed by atoms with E-state index >= 15 is 0 Å². The zero-order valence-corrected chi connectivity index (χ0v) is 9.13. The Bertz CT molecular complexity index is 109. The lowest BCUT2D eigenvalue weighted by Gasteiger charge is -2.20. The van der Waals surface area contributed by atoms with E-state index in [1.807, 2.05) is 0 Å². The molecule has 74 valence electrons. The largest absolute Gasteiger partial charge is 0.593 e. The number of hydrogen-bond donors (Lipinski definition) is 1. The number of unbranched alkanes of at least 4 members (excludes halogenated alkanes) is 2. The lowest BCUT2D eigenvalue weighted by Crippen LogP contribution is -2.54. The third kappa shape index (κ3) is 4.84. The van der Waals surface area contributed by atoms with Crippen LogP contribution in [0.4, 0.5) is 0 Å². The molecular weight excluding hydrogens is 174 g/mol. The summed E-state index contributed by atoms with van der Waals surface area (Å²) in [5.74, 6) is 0. The van der Waals surface area contributed by atoms with E-state index < -0.39 is 8.97 Å². The van der Waals surface area contributed by atoms with Gasteiger partial charge in [-0.2, -0.15) is 0 Å². The fourth-order valence-corrected chi connectivity index (χ4v) is 1.60. The van der Waals surface area contributed by atoms with Crippen LogP contribution in [0.3, 0.4) is 0 Å². The summed E-state index contributed by atoms with van der Waals surface area (Å²) >= 11 is 0. The van der Waals surface area contributed by atoms with E-state index in [0.717, 1.165) is 12.8 Å². The van der Waals surface area contributed by atoms with Crippen LogP contribution in [0.2, 0.25) is 0 Å². The standard InChI is InChI=1S/C7H19NO3Si/c1-4-5-6-7-11-12(8,9-2)10-3/h4-8H2,1-3H3. The third-order valence-corrected chi connectivity index (χ3v) is 3.36. The van der Waals surface area contributed by atoms with Crippen molar-refractivity contribution in [3.63, 3.8) is 0 Å². The molecule has 0 aromatic rings. The highest BCUT2D eigenvalue weighted by Gasteiger charge is 2.34. The Hall–Kier alpha value is 0.0569. The normalized spacial score (nSPS) is 12.0. The van der Waals surface area contributed by atoms with Crippen molar-refractivity contribution in [3.8, 4) is 0 Å². The smallest absolute Gasteiger partial charge is 0.365 e. The molecule has 0 heterocycles. The highest BCUT2D eigenvalue weighted by atomic mass is 28.4. The van der Waals surface area contributed by atoms with Gasteiger partial charge >= 0.3 is 8.97 Å². The first kappa shape index (κ1) is 12.1. The summed E-state index contributed by atoms with van der Waals surface area (Å²) in [7, 11) is 0.272. The molecule has 4 nitrogen and oxygen atoms in total. The lowest BCUT2D eigenvalue weighted by atomic mass is 10.3. The molecule has 0 rings (SSSR count). The van der Waals surface area contributed by atoms with Crippen LogP contribution in [0, 0.1) is 0 Å². The fraction of sp³-hybridized carbons (Fsp3) is 1.00. The number of hydrogen-bond acceptors (Lipinski definition) is 4. The van der Waals surface area contributed by atoms with E-state index in [-0.39, 0.29) is 0 Å². The Balaban J connectivity index is 3.45.